The zero-order valence-electron chi connectivity index (χ0n) is 8.99. The number of thioether (sulfide) groups is 1. The summed E-state index contributed by atoms with van der Waals surface area (Å²) in [4.78, 5) is 13.1. The van der Waals surface area contributed by atoms with Crippen molar-refractivity contribution in [3.8, 4) is 0 Å². The van der Waals surface area contributed by atoms with Gasteiger partial charge in [0.05, 0.1) is 6.17 Å². The lowest BCUT2D eigenvalue weighted by molar-refractivity contribution is -0.141. The van der Waals surface area contributed by atoms with Crippen molar-refractivity contribution in [1.29, 1.82) is 0 Å². The third-order valence-electron chi connectivity index (χ3n) is 3.09. The Kier molecular flexibility index (Phi) is 2.50. The van der Waals surface area contributed by atoms with Gasteiger partial charge in [-0.3, -0.25) is 15.0 Å². The number of nitrogens with two attached hydrogens (primary N) is 1. The molecule has 2 rings (SSSR count). The average molecular weight is 231 g/mol. The Balaban J connectivity index is 1.57. The standard InChI is InChI=1S/C9H17N3O2S/c1-8(10,7(13)14)5-15-4-3-12-6-9(12,2)11-6/h6,11H,3-5,10H2,1-2H3,(H,13,14)/t6-,8+,9?,12?/m1/s1. The third-order valence-corrected chi connectivity index (χ3v) is 4.36. The van der Waals surface area contributed by atoms with Gasteiger partial charge in [0, 0.05) is 18.1 Å². The molecule has 6 heteroatoms. The smallest absolute Gasteiger partial charge is 0.324 e. The van der Waals surface area contributed by atoms with E-state index in [9.17, 15) is 4.79 Å². The van der Waals surface area contributed by atoms with Crippen molar-refractivity contribution in [3.05, 3.63) is 0 Å². The quantitative estimate of drug-likeness (QED) is 0.421. The fourth-order valence-corrected chi connectivity index (χ4v) is 2.67. The molecule has 0 saturated carbocycles. The molecular weight excluding hydrogens is 214 g/mol. The van der Waals surface area contributed by atoms with E-state index < -0.39 is 11.5 Å². The number of carboxylic acid groups (broad SMARTS) is 1. The van der Waals surface area contributed by atoms with Crippen LogP contribution in [-0.2, 0) is 4.79 Å². The number of nitrogens with one attached hydrogen (secondary N) is 1. The van der Waals surface area contributed by atoms with Gasteiger partial charge in [-0.15, -0.1) is 0 Å². The lowest BCUT2D eigenvalue weighted by Gasteiger charge is -2.19. The van der Waals surface area contributed by atoms with Crippen LogP contribution in [0.4, 0.5) is 0 Å². The summed E-state index contributed by atoms with van der Waals surface area (Å²) in [6.07, 6.45) is 0.585. The van der Waals surface area contributed by atoms with Crippen LogP contribution in [0.3, 0.4) is 0 Å². The number of rotatable bonds is 6. The van der Waals surface area contributed by atoms with E-state index in [1.54, 1.807) is 18.7 Å². The van der Waals surface area contributed by atoms with Crippen LogP contribution in [0.15, 0.2) is 0 Å². The highest BCUT2D eigenvalue weighted by Gasteiger charge is 2.74. The van der Waals surface area contributed by atoms with Gasteiger partial charge in [0.1, 0.15) is 11.2 Å². The van der Waals surface area contributed by atoms with E-state index in [4.69, 9.17) is 10.8 Å². The summed E-state index contributed by atoms with van der Waals surface area (Å²) >= 11 is 1.60. The van der Waals surface area contributed by atoms with E-state index in [0.29, 0.717) is 11.9 Å². The normalized spacial score (nSPS) is 40.5. The summed E-state index contributed by atoms with van der Waals surface area (Å²) in [7, 11) is 0. The molecule has 0 spiro atoms. The number of hydrogen-bond donors (Lipinski definition) is 3. The van der Waals surface area contributed by atoms with Crippen molar-refractivity contribution < 1.29 is 9.90 Å². The van der Waals surface area contributed by atoms with Gasteiger partial charge in [-0.05, 0) is 13.8 Å². The third kappa shape index (κ3) is 1.99. The highest BCUT2D eigenvalue weighted by Crippen LogP contribution is 2.50. The van der Waals surface area contributed by atoms with Gasteiger partial charge < -0.3 is 10.8 Å². The summed E-state index contributed by atoms with van der Waals surface area (Å²) in [6, 6.07) is 0. The Bertz CT molecular complexity index is 297. The van der Waals surface area contributed by atoms with Gasteiger partial charge in [-0.1, -0.05) is 0 Å². The first-order chi connectivity index (χ1) is 6.88. The molecule has 2 aliphatic rings. The number of fused-ring (bicyclic) bond motifs is 1. The molecule has 0 aliphatic carbocycles. The molecule has 2 fully saturated rings. The Hall–Kier alpha value is -0.300. The van der Waals surface area contributed by atoms with E-state index in [-0.39, 0.29) is 5.66 Å². The maximum atomic E-state index is 10.7. The lowest BCUT2D eigenvalue weighted by Crippen LogP contribution is -2.47. The van der Waals surface area contributed by atoms with Crippen LogP contribution in [0.2, 0.25) is 0 Å². The molecule has 2 saturated heterocycles. The van der Waals surface area contributed by atoms with E-state index in [1.165, 1.54) is 0 Å². The highest BCUT2D eigenvalue weighted by molar-refractivity contribution is 7.99. The van der Waals surface area contributed by atoms with Gasteiger partial charge in [-0.2, -0.15) is 11.8 Å². The van der Waals surface area contributed by atoms with Crippen LogP contribution < -0.4 is 11.1 Å². The molecule has 0 radical (unpaired) electrons. The summed E-state index contributed by atoms with van der Waals surface area (Å²) in [5, 5.41) is 12.1. The van der Waals surface area contributed by atoms with Gasteiger partial charge in [0.15, 0.2) is 0 Å². The van der Waals surface area contributed by atoms with E-state index >= 15 is 0 Å². The molecule has 0 amide bonds. The summed E-state index contributed by atoms with van der Waals surface area (Å²) in [5.41, 5.74) is 4.78. The molecule has 2 heterocycles. The first kappa shape index (κ1) is 11.2. The van der Waals surface area contributed by atoms with Crippen LogP contribution in [0.25, 0.3) is 0 Å². The minimum atomic E-state index is -1.10. The van der Waals surface area contributed by atoms with E-state index in [1.807, 2.05) is 0 Å². The second-order valence-electron chi connectivity index (χ2n) is 4.66. The monoisotopic (exact) mass is 231 g/mol. The average Bonchev–Trinajstić information content (AvgIpc) is 2.92. The molecule has 2 aliphatic heterocycles. The first-order valence-corrected chi connectivity index (χ1v) is 6.18. The van der Waals surface area contributed by atoms with Crippen molar-refractivity contribution >= 4 is 17.7 Å². The fourth-order valence-electron chi connectivity index (χ4n) is 1.65. The van der Waals surface area contributed by atoms with Gasteiger partial charge in [0.2, 0.25) is 0 Å². The predicted molar refractivity (Wildman–Crippen MR) is 59.6 cm³/mol. The van der Waals surface area contributed by atoms with Gasteiger partial charge >= 0.3 is 5.97 Å². The van der Waals surface area contributed by atoms with Crippen molar-refractivity contribution in [2.45, 2.75) is 31.2 Å². The molecule has 15 heavy (non-hydrogen) atoms. The molecule has 4 N–H and O–H groups in total. The zero-order chi connectivity index (χ0) is 11.3. The molecule has 0 aromatic rings. The molecular formula is C9H17N3O2S. The molecule has 0 bridgehead atoms. The molecule has 86 valence electrons. The SMILES string of the molecule is CC12N[C@@H]1N2CCSC[C@](C)(N)C(=O)O. The number of aliphatic carboxylic acids is 1. The van der Waals surface area contributed by atoms with Crippen LogP contribution in [-0.4, -0.2) is 51.4 Å². The Morgan fingerprint density at radius 2 is 2.40 bits per heavy atom. The minimum absolute atomic E-state index is 0.277. The zero-order valence-corrected chi connectivity index (χ0v) is 9.80. The van der Waals surface area contributed by atoms with Crippen molar-refractivity contribution in [3.63, 3.8) is 0 Å². The Labute approximate surface area is 93.4 Å². The van der Waals surface area contributed by atoms with Crippen LogP contribution in [0.1, 0.15) is 13.8 Å². The van der Waals surface area contributed by atoms with Crippen LogP contribution in [0.5, 0.6) is 0 Å². The molecule has 0 aromatic heterocycles. The number of carbonyl (C=O) groups is 1. The first-order valence-electron chi connectivity index (χ1n) is 5.02. The largest absolute Gasteiger partial charge is 0.480 e. The van der Waals surface area contributed by atoms with Crippen LogP contribution >= 0.6 is 11.8 Å². The van der Waals surface area contributed by atoms with Gasteiger partial charge in [0.25, 0.3) is 0 Å². The lowest BCUT2D eigenvalue weighted by atomic mass is 10.1. The summed E-state index contributed by atoms with van der Waals surface area (Å²) in [5.74, 6) is 0.469. The second-order valence-corrected chi connectivity index (χ2v) is 5.77. The van der Waals surface area contributed by atoms with Gasteiger partial charge in [-0.25, -0.2) is 0 Å². The molecule has 4 atom stereocenters. The molecule has 5 nitrogen and oxygen atoms in total. The highest BCUT2D eigenvalue weighted by atomic mass is 32.2. The van der Waals surface area contributed by atoms with Crippen molar-refractivity contribution in [2.75, 3.05) is 18.1 Å². The maximum Gasteiger partial charge on any atom is 0.324 e. The van der Waals surface area contributed by atoms with Crippen molar-refractivity contribution in [2.24, 2.45) is 5.73 Å². The van der Waals surface area contributed by atoms with E-state index in [0.717, 1.165) is 12.3 Å². The maximum absolute atomic E-state index is 10.7. The molecule has 2 unspecified atom stereocenters. The predicted octanol–water partition coefficient (Wildman–Crippen LogP) is -0.517. The van der Waals surface area contributed by atoms with Crippen molar-refractivity contribution in [1.82, 2.24) is 10.2 Å². The number of carboxylic acids is 1. The topological polar surface area (TPSA) is 88.3 Å². The Morgan fingerprint density at radius 3 is 2.80 bits per heavy atom. The number of hydrogen-bond acceptors (Lipinski definition) is 5. The van der Waals surface area contributed by atoms with E-state index in [2.05, 4.69) is 17.1 Å². The second kappa shape index (κ2) is 3.35. The van der Waals surface area contributed by atoms with Crippen LogP contribution in [0, 0.1) is 0 Å². The fraction of sp³-hybridized carbons (Fsp3) is 0.889. The summed E-state index contributed by atoms with van der Waals surface area (Å²) in [6.45, 7) is 4.74. The number of nitrogens with zero attached hydrogens (tertiary/aromatic N) is 1. The summed E-state index contributed by atoms with van der Waals surface area (Å²) < 4.78 is 0. The minimum Gasteiger partial charge on any atom is -0.480 e. The Morgan fingerprint density at radius 1 is 1.80 bits per heavy atom. The molecule has 0 aromatic carbocycles.